The van der Waals surface area contributed by atoms with Crippen molar-refractivity contribution in [2.45, 2.75) is 19.3 Å². The number of benzene rings is 2. The van der Waals surface area contributed by atoms with Crippen LogP contribution in [-0.4, -0.2) is 32.5 Å². The molecule has 0 aliphatic carbocycles. The van der Waals surface area contributed by atoms with Gasteiger partial charge in [0.05, 0.1) is 11.2 Å². The lowest BCUT2D eigenvalue weighted by molar-refractivity contribution is 0.149. The summed E-state index contributed by atoms with van der Waals surface area (Å²) in [6, 6.07) is 12.0. The number of halogens is 3. The molecule has 0 unspecified atom stereocenters. The molecule has 5 N–H and O–H groups in total. The number of nitrogens with two attached hydrogens (primary N) is 2. The predicted molar refractivity (Wildman–Crippen MR) is 125 cm³/mol. The number of nitrogens with one attached hydrogen (secondary N) is 1. The molecule has 4 rings (SSSR count). The Bertz CT molecular complexity index is 1510. The molecule has 0 atom stereocenters. The molecule has 0 bridgehead atoms. The summed E-state index contributed by atoms with van der Waals surface area (Å²) < 4.78 is 41.6. The highest BCUT2D eigenvalue weighted by atomic mass is 19.3. The van der Waals surface area contributed by atoms with Gasteiger partial charge < -0.3 is 16.8 Å². The minimum Gasteiger partial charge on any atom is -0.382 e. The number of hydrogen-bond donors (Lipinski definition) is 3. The van der Waals surface area contributed by atoms with E-state index in [4.69, 9.17) is 11.5 Å². The SMILES string of the molecule is N#Cc1c(N)nc(N)nc1NCCc1nc2cccc(F)c2c(=O)n1-c1cccc(CC(F)F)c1. The third kappa shape index (κ3) is 4.84. The van der Waals surface area contributed by atoms with Crippen LogP contribution in [0.3, 0.4) is 0 Å². The Hall–Kier alpha value is -4.66. The van der Waals surface area contributed by atoms with Gasteiger partial charge in [-0.25, -0.2) is 18.2 Å². The molecule has 12 heteroatoms. The molecule has 0 saturated heterocycles. The smallest absolute Gasteiger partial charge is 0.268 e. The van der Waals surface area contributed by atoms with E-state index in [1.807, 2.05) is 6.07 Å². The summed E-state index contributed by atoms with van der Waals surface area (Å²) in [5.74, 6) is -0.612. The number of nitrogen functional groups attached to an aromatic ring is 2. The van der Waals surface area contributed by atoms with Gasteiger partial charge in [0.15, 0.2) is 5.82 Å². The number of hydrogen-bond acceptors (Lipinski definition) is 8. The first-order chi connectivity index (χ1) is 16.8. The lowest BCUT2D eigenvalue weighted by Gasteiger charge is -2.16. The van der Waals surface area contributed by atoms with Gasteiger partial charge in [0.1, 0.15) is 34.5 Å². The molecule has 0 radical (unpaired) electrons. The van der Waals surface area contributed by atoms with E-state index in [-0.39, 0.29) is 58.5 Å². The first-order valence-corrected chi connectivity index (χ1v) is 10.4. The molecule has 2 aromatic carbocycles. The second kappa shape index (κ2) is 9.68. The zero-order valence-electron chi connectivity index (χ0n) is 18.2. The first kappa shape index (κ1) is 23.5. The number of alkyl halides is 2. The molecule has 0 spiro atoms. The molecule has 0 saturated carbocycles. The quantitative estimate of drug-likeness (QED) is 0.366. The second-order valence-electron chi connectivity index (χ2n) is 7.55. The van der Waals surface area contributed by atoms with Gasteiger partial charge in [-0.2, -0.15) is 15.2 Å². The molecule has 0 fully saturated rings. The van der Waals surface area contributed by atoms with Crippen molar-refractivity contribution in [1.29, 1.82) is 5.26 Å². The second-order valence-corrected chi connectivity index (χ2v) is 7.55. The van der Waals surface area contributed by atoms with E-state index in [1.54, 1.807) is 12.1 Å². The number of anilines is 3. The first-order valence-electron chi connectivity index (χ1n) is 10.4. The van der Waals surface area contributed by atoms with Gasteiger partial charge in [-0.15, -0.1) is 0 Å². The van der Waals surface area contributed by atoms with Crippen molar-refractivity contribution in [1.82, 2.24) is 19.5 Å². The van der Waals surface area contributed by atoms with E-state index in [2.05, 4.69) is 20.3 Å². The fourth-order valence-corrected chi connectivity index (χ4v) is 3.70. The number of nitriles is 1. The van der Waals surface area contributed by atoms with Crippen molar-refractivity contribution in [2.24, 2.45) is 0 Å². The zero-order valence-corrected chi connectivity index (χ0v) is 18.2. The van der Waals surface area contributed by atoms with Gasteiger partial charge in [-0.1, -0.05) is 18.2 Å². The van der Waals surface area contributed by atoms with Gasteiger partial charge in [0.2, 0.25) is 12.4 Å². The van der Waals surface area contributed by atoms with Crippen LogP contribution in [0.5, 0.6) is 0 Å². The molecule has 0 amide bonds. The number of aromatic nitrogens is 4. The maximum absolute atomic E-state index is 14.5. The molecule has 2 aromatic heterocycles. The predicted octanol–water partition coefficient (Wildman–Crippen LogP) is 2.81. The molecule has 0 aliphatic heterocycles. The highest BCUT2D eigenvalue weighted by Crippen LogP contribution is 2.20. The van der Waals surface area contributed by atoms with Crippen molar-refractivity contribution in [3.63, 3.8) is 0 Å². The molecular formula is C23H19F3N8O. The molecule has 4 aromatic rings. The lowest BCUT2D eigenvalue weighted by Crippen LogP contribution is -2.26. The fraction of sp³-hybridized carbons (Fsp3) is 0.174. The Labute approximate surface area is 196 Å². The topological polar surface area (TPSA) is 149 Å². The van der Waals surface area contributed by atoms with E-state index in [0.717, 1.165) is 6.07 Å². The Morgan fingerprint density at radius 1 is 1.11 bits per heavy atom. The summed E-state index contributed by atoms with van der Waals surface area (Å²) in [7, 11) is 0. The van der Waals surface area contributed by atoms with Crippen LogP contribution >= 0.6 is 0 Å². The lowest BCUT2D eigenvalue weighted by atomic mass is 10.1. The fourth-order valence-electron chi connectivity index (χ4n) is 3.70. The van der Waals surface area contributed by atoms with Crippen molar-refractivity contribution >= 4 is 28.5 Å². The summed E-state index contributed by atoms with van der Waals surface area (Å²) in [6.45, 7) is 0.133. The van der Waals surface area contributed by atoms with Crippen molar-refractivity contribution in [2.75, 3.05) is 23.3 Å². The summed E-state index contributed by atoms with van der Waals surface area (Å²) >= 11 is 0. The van der Waals surface area contributed by atoms with Crippen LogP contribution in [0.15, 0.2) is 47.3 Å². The Morgan fingerprint density at radius 3 is 2.63 bits per heavy atom. The van der Waals surface area contributed by atoms with E-state index in [9.17, 15) is 23.2 Å². The van der Waals surface area contributed by atoms with Gasteiger partial charge in [-0.3, -0.25) is 9.36 Å². The average molecular weight is 480 g/mol. The minimum absolute atomic E-state index is 0.00447. The van der Waals surface area contributed by atoms with Crippen LogP contribution in [-0.2, 0) is 12.8 Å². The molecular weight excluding hydrogens is 461 g/mol. The minimum atomic E-state index is -2.57. The van der Waals surface area contributed by atoms with Gasteiger partial charge in [0, 0.05) is 19.4 Å². The third-order valence-electron chi connectivity index (χ3n) is 5.18. The maximum Gasteiger partial charge on any atom is 0.268 e. The van der Waals surface area contributed by atoms with Crippen LogP contribution in [0.4, 0.5) is 30.8 Å². The summed E-state index contributed by atoms with van der Waals surface area (Å²) in [6.07, 6.45) is -2.95. The summed E-state index contributed by atoms with van der Waals surface area (Å²) in [5, 5.41) is 12.0. The van der Waals surface area contributed by atoms with Crippen LogP contribution in [0.25, 0.3) is 16.6 Å². The number of nitrogens with zero attached hydrogens (tertiary/aromatic N) is 5. The van der Waals surface area contributed by atoms with Gasteiger partial charge in [0.25, 0.3) is 5.56 Å². The molecule has 0 aliphatic rings. The van der Waals surface area contributed by atoms with Crippen molar-refractivity contribution < 1.29 is 13.2 Å². The Balaban J connectivity index is 1.77. The van der Waals surface area contributed by atoms with Gasteiger partial charge >= 0.3 is 0 Å². The normalized spacial score (nSPS) is 11.1. The van der Waals surface area contributed by atoms with Crippen LogP contribution in [0.2, 0.25) is 0 Å². The maximum atomic E-state index is 14.5. The molecule has 35 heavy (non-hydrogen) atoms. The van der Waals surface area contributed by atoms with E-state index >= 15 is 0 Å². The van der Waals surface area contributed by atoms with Crippen LogP contribution < -0.4 is 22.3 Å². The molecule has 9 nitrogen and oxygen atoms in total. The summed E-state index contributed by atoms with van der Waals surface area (Å²) in [5.41, 5.74) is 11.4. The number of fused-ring (bicyclic) bond motifs is 1. The van der Waals surface area contributed by atoms with Gasteiger partial charge in [-0.05, 0) is 29.8 Å². The molecule has 2 heterocycles. The largest absolute Gasteiger partial charge is 0.382 e. The number of rotatable bonds is 7. The molecule has 178 valence electrons. The van der Waals surface area contributed by atoms with E-state index in [0.29, 0.717) is 5.56 Å². The Morgan fingerprint density at radius 2 is 1.89 bits per heavy atom. The van der Waals surface area contributed by atoms with Crippen molar-refractivity contribution in [3.8, 4) is 11.8 Å². The monoisotopic (exact) mass is 480 g/mol. The van der Waals surface area contributed by atoms with Crippen LogP contribution in [0.1, 0.15) is 17.0 Å². The standard InChI is InChI=1S/C23H19F3N8O/c24-15-5-2-6-16-19(15)22(35)34(13-4-1-3-12(9-13)10-17(25)26)18(31-16)7-8-30-21-14(11-27)20(28)32-23(29)33-21/h1-6,9,17H,7-8,10H2,(H5,28,29,30,32,33). The highest BCUT2D eigenvalue weighted by molar-refractivity contribution is 5.78. The van der Waals surface area contributed by atoms with E-state index < -0.39 is 24.2 Å². The van der Waals surface area contributed by atoms with Crippen LogP contribution in [0, 0.1) is 17.1 Å². The average Bonchev–Trinajstić information content (AvgIpc) is 2.78. The van der Waals surface area contributed by atoms with E-state index in [1.165, 1.54) is 28.8 Å². The highest BCUT2D eigenvalue weighted by Gasteiger charge is 2.17. The zero-order chi connectivity index (χ0) is 25.1. The van der Waals surface area contributed by atoms with Crippen molar-refractivity contribution in [3.05, 3.63) is 75.6 Å². The summed E-state index contributed by atoms with van der Waals surface area (Å²) in [4.78, 5) is 25.5. The third-order valence-corrected chi connectivity index (χ3v) is 5.18. The Kier molecular flexibility index (Phi) is 6.50.